The predicted octanol–water partition coefficient (Wildman–Crippen LogP) is 8.78. The van der Waals surface area contributed by atoms with Gasteiger partial charge in [-0.15, -0.1) is 0 Å². The van der Waals surface area contributed by atoms with E-state index in [2.05, 4.69) is 27.0 Å². The molecule has 5 atom stereocenters. The van der Waals surface area contributed by atoms with Gasteiger partial charge < -0.3 is 19.5 Å². The van der Waals surface area contributed by atoms with Gasteiger partial charge in [-0.2, -0.15) is 5.26 Å². The van der Waals surface area contributed by atoms with Crippen LogP contribution in [-0.4, -0.2) is 50.6 Å². The van der Waals surface area contributed by atoms with Crippen molar-refractivity contribution in [3.63, 3.8) is 0 Å². The molecule has 51 heavy (non-hydrogen) atoms. The summed E-state index contributed by atoms with van der Waals surface area (Å²) in [5.41, 5.74) is 4.28. The third kappa shape index (κ3) is 5.45. The molecule has 1 amide bonds. The lowest BCUT2D eigenvalue weighted by Crippen LogP contribution is -2.41. The third-order valence-electron chi connectivity index (χ3n) is 11.2. The molecule has 0 radical (unpaired) electrons. The molecule has 2 aliphatic carbocycles. The number of carbonyl (C=O) groups excluding carboxylic acids is 1. The standard InChI is InChI=1S/C39H34Cl3FN6O2/c1-19-26-16-31(30-15-24(18-48(30)39(50)20-7-8-20)51-32-14-23(40)9-11-45-32)49(37-22-13-29(37)46-17-22)38(26)27-12-21(4-3-10-44)33(35(43)36(27)47-19)25-5-2-6-28(41)34(25)42/h2,5-6,9,11-12,14,16,20,22,24,29-30,37,46H,3-4,7-8,13,15,17-18H2,1H3. The minimum absolute atomic E-state index is 0.0210. The number of halogens is 4. The monoisotopic (exact) mass is 742 g/mol. The van der Waals surface area contributed by atoms with Crippen molar-refractivity contribution in [2.45, 2.75) is 69.7 Å². The van der Waals surface area contributed by atoms with Gasteiger partial charge in [0.05, 0.1) is 40.3 Å². The lowest BCUT2D eigenvalue weighted by Gasteiger charge is -2.39. The third-order valence-corrected chi connectivity index (χ3v) is 12.3. The van der Waals surface area contributed by atoms with Crippen molar-refractivity contribution in [3.05, 3.63) is 86.5 Å². The first kappa shape index (κ1) is 32.9. The largest absolute Gasteiger partial charge is 0.472 e. The number of amides is 1. The summed E-state index contributed by atoms with van der Waals surface area (Å²) in [5.74, 6) is 0.497. The maximum atomic E-state index is 17.2. The molecule has 5 aliphatic rings. The van der Waals surface area contributed by atoms with Gasteiger partial charge in [0.15, 0.2) is 5.82 Å². The predicted molar refractivity (Wildman–Crippen MR) is 196 cm³/mol. The maximum absolute atomic E-state index is 17.2. The first-order chi connectivity index (χ1) is 24.7. The molecule has 3 aliphatic heterocycles. The summed E-state index contributed by atoms with van der Waals surface area (Å²) >= 11 is 19.3. The number of fused-ring (bicyclic) bond motifs is 4. The number of nitrogens with one attached hydrogen (secondary N) is 1. The van der Waals surface area contributed by atoms with E-state index in [4.69, 9.17) is 44.5 Å². The van der Waals surface area contributed by atoms with Crippen LogP contribution < -0.4 is 10.1 Å². The van der Waals surface area contributed by atoms with Gasteiger partial charge in [-0.05, 0) is 68.4 Å². The Morgan fingerprint density at radius 1 is 1.14 bits per heavy atom. The van der Waals surface area contributed by atoms with Gasteiger partial charge in [0.2, 0.25) is 11.8 Å². The second-order valence-corrected chi connectivity index (χ2v) is 15.6. The summed E-state index contributed by atoms with van der Waals surface area (Å²) in [6.07, 6.45) is 5.26. The number of pyridine rings is 2. The zero-order valence-electron chi connectivity index (χ0n) is 27.8. The average Bonchev–Trinajstić information content (AvgIpc) is 3.39. The van der Waals surface area contributed by atoms with E-state index in [9.17, 15) is 10.1 Å². The van der Waals surface area contributed by atoms with Gasteiger partial charge >= 0.3 is 0 Å². The van der Waals surface area contributed by atoms with Crippen LogP contribution in [0.3, 0.4) is 0 Å². The van der Waals surface area contributed by atoms with Crippen LogP contribution in [0.4, 0.5) is 4.39 Å². The molecule has 0 spiro atoms. The Morgan fingerprint density at radius 2 is 1.98 bits per heavy atom. The molecule has 5 unspecified atom stereocenters. The van der Waals surface area contributed by atoms with E-state index >= 15 is 4.39 Å². The van der Waals surface area contributed by atoms with Crippen molar-refractivity contribution in [1.29, 1.82) is 5.26 Å². The maximum Gasteiger partial charge on any atom is 0.226 e. The Hall–Kier alpha value is -3.94. The number of hydrogen-bond acceptors (Lipinski definition) is 6. The van der Waals surface area contributed by atoms with Crippen molar-refractivity contribution in [2.75, 3.05) is 13.1 Å². The molecule has 3 saturated heterocycles. The molecule has 1 N–H and O–H groups in total. The minimum Gasteiger partial charge on any atom is -0.472 e. The summed E-state index contributed by atoms with van der Waals surface area (Å²) < 4.78 is 25.9. The molecule has 2 aromatic carbocycles. The number of ether oxygens (including phenoxy) is 1. The quantitative estimate of drug-likeness (QED) is 0.171. The van der Waals surface area contributed by atoms with Crippen molar-refractivity contribution in [3.8, 4) is 23.1 Å². The molecule has 6 heterocycles. The van der Waals surface area contributed by atoms with Gasteiger partial charge in [-0.3, -0.25) is 4.79 Å². The number of aryl methyl sites for hydroxylation is 2. The van der Waals surface area contributed by atoms with Crippen LogP contribution in [0.15, 0.2) is 48.7 Å². The second-order valence-electron chi connectivity index (χ2n) is 14.3. The fourth-order valence-electron chi connectivity index (χ4n) is 8.69. The highest BCUT2D eigenvalue weighted by molar-refractivity contribution is 6.43. The summed E-state index contributed by atoms with van der Waals surface area (Å²) in [7, 11) is 0. The van der Waals surface area contributed by atoms with E-state index < -0.39 is 5.82 Å². The first-order valence-corrected chi connectivity index (χ1v) is 18.6. The molecular weight excluding hydrogens is 710 g/mol. The molecule has 5 aromatic rings. The SMILES string of the molecule is Cc1nc2c(F)c(-c3cccc(Cl)c3Cl)c(CCC#N)cc2c2c1cc(C1CC(Oc3cc(Cl)ccn3)CN1C(=O)C1CC1)n2C1C2CNC1C2. The van der Waals surface area contributed by atoms with Gasteiger partial charge in [-0.25, -0.2) is 14.4 Å². The van der Waals surface area contributed by atoms with Gasteiger partial charge in [0, 0.05) is 81.9 Å². The topological polar surface area (TPSA) is 96.1 Å². The van der Waals surface area contributed by atoms with Crippen molar-refractivity contribution >= 4 is 62.5 Å². The Morgan fingerprint density at radius 3 is 2.71 bits per heavy atom. The number of nitrogens with zero attached hydrogens (tertiary/aromatic N) is 5. The highest BCUT2D eigenvalue weighted by atomic mass is 35.5. The van der Waals surface area contributed by atoms with Gasteiger partial charge in [0.25, 0.3) is 0 Å². The van der Waals surface area contributed by atoms with E-state index in [1.54, 1.807) is 36.5 Å². The highest BCUT2D eigenvalue weighted by Crippen LogP contribution is 2.51. The average molecular weight is 744 g/mol. The number of nitriles is 1. The Bertz CT molecular complexity index is 2290. The molecule has 3 aromatic heterocycles. The second kappa shape index (κ2) is 12.6. The van der Waals surface area contributed by atoms with Gasteiger partial charge in [-0.1, -0.05) is 46.9 Å². The summed E-state index contributed by atoms with van der Waals surface area (Å²) in [6, 6.07) is 15.1. The molecular formula is C39H34Cl3FN6O2. The first-order valence-electron chi connectivity index (χ1n) is 17.5. The Balaban J connectivity index is 1.26. The van der Waals surface area contributed by atoms with Crippen LogP contribution in [0.2, 0.25) is 15.1 Å². The van der Waals surface area contributed by atoms with E-state index in [0.29, 0.717) is 69.0 Å². The molecule has 8 nitrogen and oxygen atoms in total. The Labute approximate surface area is 309 Å². The van der Waals surface area contributed by atoms with Crippen LogP contribution in [0, 0.1) is 35.9 Å². The van der Waals surface area contributed by atoms with E-state index in [1.165, 1.54) is 0 Å². The lowest BCUT2D eigenvalue weighted by molar-refractivity contribution is -0.133. The normalized spacial score (nSPS) is 23.9. The zero-order chi connectivity index (χ0) is 35.1. The number of likely N-dealkylation sites (tertiary alicyclic amines) is 1. The van der Waals surface area contributed by atoms with E-state index in [1.807, 2.05) is 17.9 Å². The molecule has 2 bridgehead atoms. The number of carbonyl (C=O) groups is 1. The fourth-order valence-corrected chi connectivity index (χ4v) is 9.24. The molecule has 10 rings (SSSR count). The van der Waals surface area contributed by atoms with Gasteiger partial charge in [0.1, 0.15) is 11.6 Å². The summed E-state index contributed by atoms with van der Waals surface area (Å²) in [6.45, 7) is 3.24. The molecule has 2 saturated carbocycles. The zero-order valence-corrected chi connectivity index (χ0v) is 30.1. The van der Waals surface area contributed by atoms with E-state index in [-0.39, 0.29) is 53.0 Å². The number of benzene rings is 2. The number of hydrogen-bond donors (Lipinski definition) is 1. The smallest absolute Gasteiger partial charge is 0.226 e. The lowest BCUT2D eigenvalue weighted by atomic mass is 9.79. The van der Waals surface area contributed by atoms with Crippen LogP contribution in [0.25, 0.3) is 32.9 Å². The summed E-state index contributed by atoms with van der Waals surface area (Å²) in [5, 5.41) is 16.0. The van der Waals surface area contributed by atoms with Crippen molar-refractivity contribution in [1.82, 2.24) is 24.8 Å². The molecule has 12 heteroatoms. The summed E-state index contributed by atoms with van der Waals surface area (Å²) in [4.78, 5) is 25.2. The Kier molecular flexibility index (Phi) is 8.15. The van der Waals surface area contributed by atoms with Crippen LogP contribution >= 0.6 is 34.8 Å². The van der Waals surface area contributed by atoms with Crippen molar-refractivity contribution in [2.24, 2.45) is 11.8 Å². The molecule has 5 fully saturated rings. The number of rotatable bonds is 8. The minimum atomic E-state index is -0.493. The van der Waals surface area contributed by atoms with Crippen LogP contribution in [-0.2, 0) is 11.2 Å². The number of aromatic nitrogens is 3. The van der Waals surface area contributed by atoms with Crippen LogP contribution in [0.1, 0.15) is 61.1 Å². The van der Waals surface area contributed by atoms with Crippen LogP contribution in [0.5, 0.6) is 5.88 Å². The van der Waals surface area contributed by atoms with Crippen molar-refractivity contribution < 1.29 is 13.9 Å². The van der Waals surface area contributed by atoms with E-state index in [0.717, 1.165) is 42.4 Å². The fraction of sp³-hybridized carbons (Fsp3) is 0.385. The molecule has 260 valence electrons. The highest BCUT2D eigenvalue weighted by Gasteiger charge is 2.51.